The molecule has 2 amide bonds. The van der Waals surface area contributed by atoms with Crippen LogP contribution in [0.25, 0.3) is 0 Å². The van der Waals surface area contributed by atoms with Crippen LogP contribution in [-0.2, 0) is 27.8 Å². The summed E-state index contributed by atoms with van der Waals surface area (Å²) in [6.07, 6.45) is 2.89. The maximum Gasteiger partial charge on any atom is 0.251 e. The van der Waals surface area contributed by atoms with Crippen LogP contribution in [0.15, 0.2) is 53.4 Å². The van der Waals surface area contributed by atoms with E-state index < -0.39 is 10.0 Å². The molecule has 3 rings (SSSR count). The zero-order chi connectivity index (χ0) is 21.0. The fourth-order valence-corrected chi connectivity index (χ4v) is 3.67. The van der Waals surface area contributed by atoms with Crippen LogP contribution in [0, 0.1) is 0 Å². The van der Waals surface area contributed by atoms with Crippen molar-refractivity contribution in [1.82, 2.24) is 10.2 Å². The molecule has 1 aliphatic carbocycles. The molecule has 3 N–H and O–H groups in total. The first kappa shape index (κ1) is 21.0. The van der Waals surface area contributed by atoms with Gasteiger partial charge in [0.15, 0.2) is 0 Å². The van der Waals surface area contributed by atoms with Crippen LogP contribution in [0.3, 0.4) is 0 Å². The number of rotatable bonds is 8. The van der Waals surface area contributed by atoms with E-state index >= 15 is 0 Å². The number of aryl methyl sites for hydroxylation is 1. The summed E-state index contributed by atoms with van der Waals surface area (Å²) in [7, 11) is -2.12. The molecule has 0 aliphatic heterocycles. The van der Waals surface area contributed by atoms with Gasteiger partial charge in [0.1, 0.15) is 0 Å². The minimum Gasteiger partial charge on any atom is -0.355 e. The number of nitrogens with two attached hydrogens (primary N) is 1. The SMILES string of the molecule is CNC(=O)c1ccc(CN(C(=O)CCc2ccc(S(N)(=O)=O)cc2)C2CC2)cc1. The molecule has 1 saturated carbocycles. The van der Waals surface area contributed by atoms with Gasteiger partial charge in [0.05, 0.1) is 4.90 Å². The number of carbonyl (C=O) groups is 2. The van der Waals surface area contributed by atoms with Gasteiger partial charge in [-0.05, 0) is 54.7 Å². The third-order valence-corrected chi connectivity index (χ3v) is 5.91. The minimum absolute atomic E-state index is 0.0624. The van der Waals surface area contributed by atoms with E-state index in [1.54, 1.807) is 31.3 Å². The van der Waals surface area contributed by atoms with Gasteiger partial charge in [0.25, 0.3) is 5.91 Å². The Kier molecular flexibility index (Phi) is 6.34. The summed E-state index contributed by atoms with van der Waals surface area (Å²) in [6, 6.07) is 13.8. The smallest absolute Gasteiger partial charge is 0.251 e. The first-order chi connectivity index (χ1) is 13.8. The Hall–Kier alpha value is -2.71. The van der Waals surface area contributed by atoms with Gasteiger partial charge in [0, 0.05) is 31.6 Å². The molecule has 0 atom stereocenters. The van der Waals surface area contributed by atoms with Crippen molar-refractivity contribution in [3.05, 3.63) is 65.2 Å². The van der Waals surface area contributed by atoms with Crippen LogP contribution in [0.2, 0.25) is 0 Å². The van der Waals surface area contributed by atoms with Crippen molar-refractivity contribution in [2.45, 2.75) is 43.2 Å². The summed E-state index contributed by atoms with van der Waals surface area (Å²) in [5, 5.41) is 7.69. The van der Waals surface area contributed by atoms with Gasteiger partial charge < -0.3 is 10.2 Å². The standard InChI is InChI=1S/C21H25N3O4S/c1-23-21(26)17-7-2-16(3-8-17)14-24(18-9-10-18)20(25)13-6-15-4-11-19(12-5-15)29(22,27)28/h2-5,7-8,11-12,18H,6,9-10,13-14H2,1H3,(H,23,26)(H2,22,27,28). The predicted molar refractivity (Wildman–Crippen MR) is 110 cm³/mol. The molecule has 2 aromatic rings. The van der Waals surface area contributed by atoms with Crippen molar-refractivity contribution in [3.63, 3.8) is 0 Å². The Morgan fingerprint density at radius 2 is 1.62 bits per heavy atom. The van der Waals surface area contributed by atoms with Crippen molar-refractivity contribution in [3.8, 4) is 0 Å². The van der Waals surface area contributed by atoms with Crippen molar-refractivity contribution in [1.29, 1.82) is 0 Å². The van der Waals surface area contributed by atoms with Gasteiger partial charge in [-0.15, -0.1) is 0 Å². The van der Waals surface area contributed by atoms with Crippen molar-refractivity contribution < 1.29 is 18.0 Å². The number of benzene rings is 2. The average Bonchev–Trinajstić information content (AvgIpc) is 3.55. The zero-order valence-corrected chi connectivity index (χ0v) is 17.1. The van der Waals surface area contributed by atoms with Gasteiger partial charge in [-0.3, -0.25) is 9.59 Å². The van der Waals surface area contributed by atoms with E-state index in [-0.39, 0.29) is 22.8 Å². The highest BCUT2D eigenvalue weighted by atomic mass is 32.2. The molecule has 7 nitrogen and oxygen atoms in total. The lowest BCUT2D eigenvalue weighted by molar-refractivity contribution is -0.132. The van der Waals surface area contributed by atoms with Crippen molar-refractivity contribution in [2.75, 3.05) is 7.05 Å². The molecule has 0 bridgehead atoms. The number of hydrogen-bond acceptors (Lipinski definition) is 4. The molecule has 154 valence electrons. The van der Waals surface area contributed by atoms with E-state index in [0.29, 0.717) is 24.9 Å². The molecule has 8 heteroatoms. The van der Waals surface area contributed by atoms with Gasteiger partial charge in [0.2, 0.25) is 15.9 Å². The lowest BCUT2D eigenvalue weighted by Crippen LogP contribution is -2.32. The van der Waals surface area contributed by atoms with Crippen molar-refractivity contribution >= 4 is 21.8 Å². The Balaban J connectivity index is 1.61. The van der Waals surface area contributed by atoms with Crippen LogP contribution in [0.4, 0.5) is 0 Å². The molecule has 0 unspecified atom stereocenters. The number of nitrogens with zero attached hydrogens (tertiary/aromatic N) is 1. The summed E-state index contributed by atoms with van der Waals surface area (Å²) in [5.74, 6) is -0.0708. The molecule has 0 aromatic heterocycles. The third-order valence-electron chi connectivity index (χ3n) is 4.98. The Morgan fingerprint density at radius 1 is 1.03 bits per heavy atom. The number of nitrogens with one attached hydrogen (secondary N) is 1. The van der Waals surface area contributed by atoms with Gasteiger partial charge >= 0.3 is 0 Å². The summed E-state index contributed by atoms with van der Waals surface area (Å²) >= 11 is 0. The van der Waals surface area contributed by atoms with Gasteiger partial charge in [-0.2, -0.15) is 0 Å². The lowest BCUT2D eigenvalue weighted by Gasteiger charge is -2.23. The molecule has 0 radical (unpaired) electrons. The molecule has 0 spiro atoms. The van der Waals surface area contributed by atoms with Crippen LogP contribution in [-0.4, -0.2) is 38.2 Å². The van der Waals surface area contributed by atoms with E-state index in [4.69, 9.17) is 5.14 Å². The maximum absolute atomic E-state index is 12.8. The quantitative estimate of drug-likeness (QED) is 0.685. The third kappa shape index (κ3) is 5.65. The minimum atomic E-state index is -3.71. The molecule has 0 saturated heterocycles. The normalized spacial score (nSPS) is 13.7. The molecule has 1 aliphatic rings. The van der Waals surface area contributed by atoms with E-state index in [1.165, 1.54) is 12.1 Å². The van der Waals surface area contributed by atoms with Gasteiger partial charge in [-0.25, -0.2) is 13.6 Å². The Morgan fingerprint density at radius 3 is 2.14 bits per heavy atom. The molecular weight excluding hydrogens is 390 g/mol. The molecular formula is C21H25N3O4S. The highest BCUT2D eigenvalue weighted by Gasteiger charge is 2.32. The summed E-state index contributed by atoms with van der Waals surface area (Å²) < 4.78 is 22.7. The number of carbonyl (C=O) groups excluding carboxylic acids is 2. The van der Waals surface area contributed by atoms with Crippen LogP contribution in [0.1, 0.15) is 40.7 Å². The topological polar surface area (TPSA) is 110 Å². The average molecular weight is 416 g/mol. The van der Waals surface area contributed by atoms with Crippen LogP contribution < -0.4 is 10.5 Å². The highest BCUT2D eigenvalue weighted by molar-refractivity contribution is 7.89. The number of hydrogen-bond donors (Lipinski definition) is 2. The Labute approximate surface area is 171 Å². The number of amides is 2. The van der Waals surface area contributed by atoms with E-state index in [1.807, 2.05) is 17.0 Å². The van der Waals surface area contributed by atoms with E-state index in [2.05, 4.69) is 5.32 Å². The maximum atomic E-state index is 12.8. The molecule has 2 aromatic carbocycles. The second-order valence-corrected chi connectivity index (χ2v) is 8.78. The second-order valence-electron chi connectivity index (χ2n) is 7.22. The number of sulfonamides is 1. The zero-order valence-electron chi connectivity index (χ0n) is 16.3. The summed E-state index contributed by atoms with van der Waals surface area (Å²) in [6.45, 7) is 0.516. The van der Waals surface area contributed by atoms with E-state index in [9.17, 15) is 18.0 Å². The highest BCUT2D eigenvalue weighted by Crippen LogP contribution is 2.29. The molecule has 29 heavy (non-hydrogen) atoms. The van der Waals surface area contributed by atoms with Crippen LogP contribution in [0.5, 0.6) is 0 Å². The summed E-state index contributed by atoms with van der Waals surface area (Å²) in [5.41, 5.74) is 2.45. The first-order valence-corrected chi connectivity index (χ1v) is 11.0. The van der Waals surface area contributed by atoms with Crippen molar-refractivity contribution in [2.24, 2.45) is 5.14 Å². The van der Waals surface area contributed by atoms with E-state index in [0.717, 1.165) is 24.0 Å². The monoisotopic (exact) mass is 415 g/mol. The van der Waals surface area contributed by atoms with Gasteiger partial charge in [-0.1, -0.05) is 24.3 Å². The first-order valence-electron chi connectivity index (χ1n) is 9.50. The van der Waals surface area contributed by atoms with Crippen LogP contribution >= 0.6 is 0 Å². The largest absolute Gasteiger partial charge is 0.355 e. The fraction of sp³-hybridized carbons (Fsp3) is 0.333. The molecule has 1 fully saturated rings. The predicted octanol–water partition coefficient (Wildman–Crippen LogP) is 1.82. The summed E-state index contributed by atoms with van der Waals surface area (Å²) in [4.78, 5) is 26.4. The number of primary sulfonamides is 1. The second kappa shape index (κ2) is 8.75. The Bertz CT molecular complexity index is 982. The fourth-order valence-electron chi connectivity index (χ4n) is 3.15. The molecule has 0 heterocycles. The lowest BCUT2D eigenvalue weighted by atomic mass is 10.1.